The predicted octanol–water partition coefficient (Wildman–Crippen LogP) is 3.20. The van der Waals surface area contributed by atoms with Crippen LogP contribution >= 0.6 is 0 Å². The maximum absolute atomic E-state index is 13.6. The third kappa shape index (κ3) is 6.49. The summed E-state index contributed by atoms with van der Waals surface area (Å²) in [5.41, 5.74) is 1.44. The first-order chi connectivity index (χ1) is 18.4. The smallest absolute Gasteiger partial charge is 0.230 e. The molecule has 3 N–H and O–H groups in total. The number of carbonyl (C=O) groups is 1. The van der Waals surface area contributed by atoms with Crippen molar-refractivity contribution < 1.29 is 23.4 Å². The standard InChI is InChI=1S/C26H30FN7O4/c1-26(24(35)29-12-4-14-36-2)15-37-23(38-16-26)22-33-20(17-5-7-18(27)8-6-17)21(34-22)19-9-13-31-25(32-19)30-11-3-10-28/h5-9,13,23H,3-4,11-12,14-16H2,1-2H3,(H,29,35)(H,33,34)(H,30,31,32). The highest BCUT2D eigenvalue weighted by molar-refractivity contribution is 5.82. The molecule has 0 bridgehead atoms. The Hall–Kier alpha value is -3.92. The van der Waals surface area contributed by atoms with Gasteiger partial charge >= 0.3 is 0 Å². The van der Waals surface area contributed by atoms with Gasteiger partial charge in [-0.15, -0.1) is 0 Å². The van der Waals surface area contributed by atoms with Crippen LogP contribution < -0.4 is 10.6 Å². The molecule has 1 aliphatic heterocycles. The molecule has 0 aliphatic carbocycles. The van der Waals surface area contributed by atoms with Gasteiger partial charge in [0, 0.05) is 38.6 Å². The Labute approximate surface area is 219 Å². The summed E-state index contributed by atoms with van der Waals surface area (Å²) < 4.78 is 30.5. The molecule has 4 rings (SSSR count). The average Bonchev–Trinajstić information content (AvgIpc) is 3.38. The summed E-state index contributed by atoms with van der Waals surface area (Å²) in [4.78, 5) is 29.4. The predicted molar refractivity (Wildman–Crippen MR) is 136 cm³/mol. The van der Waals surface area contributed by atoms with Crippen LogP contribution in [0, 0.1) is 22.6 Å². The zero-order valence-electron chi connectivity index (χ0n) is 21.3. The molecule has 1 saturated heterocycles. The summed E-state index contributed by atoms with van der Waals surface area (Å²) in [7, 11) is 1.62. The minimum Gasteiger partial charge on any atom is -0.385 e. The normalized spacial score (nSPS) is 19.1. The number of carbonyl (C=O) groups excluding carboxylic acids is 1. The van der Waals surface area contributed by atoms with Crippen molar-refractivity contribution in [3.8, 4) is 28.7 Å². The van der Waals surface area contributed by atoms with Crippen LogP contribution in [0.5, 0.6) is 0 Å². The molecule has 3 aromatic rings. The van der Waals surface area contributed by atoms with Gasteiger partial charge in [0.1, 0.15) is 5.82 Å². The second-order valence-corrected chi connectivity index (χ2v) is 9.07. The van der Waals surface area contributed by atoms with E-state index in [1.807, 2.05) is 0 Å². The van der Waals surface area contributed by atoms with Gasteiger partial charge in [-0.3, -0.25) is 4.79 Å². The number of hydrogen-bond donors (Lipinski definition) is 3. The molecule has 3 heterocycles. The number of anilines is 1. The van der Waals surface area contributed by atoms with Crippen LogP contribution in [-0.4, -0.2) is 65.9 Å². The number of rotatable bonds is 11. The summed E-state index contributed by atoms with van der Waals surface area (Å²) in [6.45, 7) is 3.52. The molecule has 0 spiro atoms. The number of halogens is 1. The molecule has 0 atom stereocenters. The highest BCUT2D eigenvalue weighted by Crippen LogP contribution is 2.35. The Morgan fingerprint density at radius 3 is 2.71 bits per heavy atom. The summed E-state index contributed by atoms with van der Waals surface area (Å²) in [6.07, 6.45) is 1.77. The summed E-state index contributed by atoms with van der Waals surface area (Å²) in [5.74, 6) is 0.225. The zero-order chi connectivity index (χ0) is 27.0. The molecule has 1 fully saturated rings. The Kier molecular flexibility index (Phi) is 8.96. The maximum Gasteiger partial charge on any atom is 0.230 e. The number of imidazole rings is 1. The molecule has 1 aliphatic rings. The summed E-state index contributed by atoms with van der Waals surface area (Å²) in [6, 6.07) is 9.74. The van der Waals surface area contributed by atoms with Crippen LogP contribution in [0.4, 0.5) is 10.3 Å². The van der Waals surface area contributed by atoms with Crippen LogP contribution in [0.1, 0.15) is 31.9 Å². The molecular formula is C26H30FN7O4. The van der Waals surface area contributed by atoms with Gasteiger partial charge in [-0.2, -0.15) is 5.26 Å². The molecular weight excluding hydrogens is 493 g/mol. The average molecular weight is 524 g/mol. The van der Waals surface area contributed by atoms with E-state index in [-0.39, 0.29) is 24.9 Å². The van der Waals surface area contributed by atoms with Crippen LogP contribution in [-0.2, 0) is 19.0 Å². The van der Waals surface area contributed by atoms with Gasteiger partial charge in [-0.1, -0.05) is 0 Å². The molecule has 1 amide bonds. The van der Waals surface area contributed by atoms with E-state index in [1.54, 1.807) is 38.4 Å². The molecule has 12 heteroatoms. The fraction of sp³-hybridized carbons (Fsp3) is 0.423. The van der Waals surface area contributed by atoms with Crippen molar-refractivity contribution in [2.45, 2.75) is 26.1 Å². The number of methoxy groups -OCH3 is 1. The fourth-order valence-corrected chi connectivity index (χ4v) is 3.85. The second-order valence-electron chi connectivity index (χ2n) is 9.07. The summed E-state index contributed by atoms with van der Waals surface area (Å²) >= 11 is 0. The highest BCUT2D eigenvalue weighted by atomic mass is 19.1. The third-order valence-electron chi connectivity index (χ3n) is 5.96. The van der Waals surface area contributed by atoms with Gasteiger partial charge in [-0.05, 0) is 43.7 Å². The first kappa shape index (κ1) is 27.1. The zero-order valence-corrected chi connectivity index (χ0v) is 21.3. The molecule has 0 unspecified atom stereocenters. The van der Waals surface area contributed by atoms with Crippen molar-refractivity contribution in [1.82, 2.24) is 25.3 Å². The van der Waals surface area contributed by atoms with Gasteiger partial charge < -0.3 is 29.8 Å². The van der Waals surface area contributed by atoms with E-state index in [0.29, 0.717) is 67.0 Å². The number of aromatic amines is 1. The number of H-pyrrole nitrogens is 1. The van der Waals surface area contributed by atoms with Crippen molar-refractivity contribution in [1.29, 1.82) is 5.26 Å². The molecule has 0 saturated carbocycles. The molecule has 200 valence electrons. The van der Waals surface area contributed by atoms with Crippen LogP contribution in [0.3, 0.4) is 0 Å². The first-order valence-electron chi connectivity index (χ1n) is 12.2. The van der Waals surface area contributed by atoms with Gasteiger partial charge in [-0.25, -0.2) is 19.3 Å². The lowest BCUT2D eigenvalue weighted by atomic mass is 9.91. The molecule has 11 nitrogen and oxygen atoms in total. The number of benzene rings is 1. The van der Waals surface area contributed by atoms with E-state index in [1.165, 1.54) is 12.1 Å². The molecule has 38 heavy (non-hydrogen) atoms. The van der Waals surface area contributed by atoms with E-state index in [9.17, 15) is 9.18 Å². The number of nitriles is 1. The van der Waals surface area contributed by atoms with Crippen molar-refractivity contribution in [2.75, 3.05) is 45.3 Å². The minimum atomic E-state index is -0.852. The Balaban J connectivity index is 1.55. The van der Waals surface area contributed by atoms with Gasteiger partial charge in [0.2, 0.25) is 18.1 Å². The third-order valence-corrected chi connectivity index (χ3v) is 5.96. The van der Waals surface area contributed by atoms with E-state index in [0.717, 1.165) is 0 Å². The van der Waals surface area contributed by atoms with Gasteiger partial charge in [0.05, 0.1) is 48.2 Å². The van der Waals surface area contributed by atoms with Gasteiger partial charge in [0.25, 0.3) is 0 Å². The largest absolute Gasteiger partial charge is 0.385 e. The minimum absolute atomic E-state index is 0.135. The molecule has 2 aromatic heterocycles. The first-order valence-corrected chi connectivity index (χ1v) is 12.2. The Morgan fingerprint density at radius 2 is 2.00 bits per heavy atom. The lowest BCUT2D eigenvalue weighted by Gasteiger charge is -2.35. The van der Waals surface area contributed by atoms with Gasteiger partial charge in [0.15, 0.2) is 5.82 Å². The topological polar surface area (TPSA) is 147 Å². The van der Waals surface area contributed by atoms with Crippen molar-refractivity contribution >= 4 is 11.9 Å². The molecule has 0 radical (unpaired) electrons. The second kappa shape index (κ2) is 12.6. The maximum atomic E-state index is 13.6. The fourth-order valence-electron chi connectivity index (χ4n) is 3.85. The van der Waals surface area contributed by atoms with Crippen LogP contribution in [0.15, 0.2) is 36.5 Å². The number of nitrogens with one attached hydrogen (secondary N) is 3. The molecule has 1 aromatic carbocycles. The number of ether oxygens (including phenoxy) is 3. The van der Waals surface area contributed by atoms with E-state index >= 15 is 0 Å². The van der Waals surface area contributed by atoms with E-state index in [2.05, 4.69) is 31.7 Å². The van der Waals surface area contributed by atoms with Crippen LogP contribution in [0.25, 0.3) is 22.6 Å². The monoisotopic (exact) mass is 523 g/mol. The SMILES string of the molecule is COCCCNC(=O)C1(C)COC(c2nc(-c3ccc(F)cc3)c(-c3ccnc(NCCC#N)n3)[nH]2)OC1. The van der Waals surface area contributed by atoms with Crippen LogP contribution in [0.2, 0.25) is 0 Å². The number of amides is 1. The lowest BCUT2D eigenvalue weighted by Crippen LogP contribution is -2.48. The van der Waals surface area contributed by atoms with E-state index < -0.39 is 11.7 Å². The summed E-state index contributed by atoms with van der Waals surface area (Å²) in [5, 5.41) is 14.7. The lowest BCUT2D eigenvalue weighted by molar-refractivity contribution is -0.231. The Morgan fingerprint density at radius 1 is 1.24 bits per heavy atom. The number of nitrogens with zero attached hydrogens (tertiary/aromatic N) is 4. The van der Waals surface area contributed by atoms with Crippen molar-refractivity contribution in [2.24, 2.45) is 5.41 Å². The van der Waals surface area contributed by atoms with E-state index in [4.69, 9.17) is 24.5 Å². The number of hydrogen-bond acceptors (Lipinski definition) is 9. The number of aromatic nitrogens is 4. The van der Waals surface area contributed by atoms with Crippen molar-refractivity contribution in [3.05, 3.63) is 48.2 Å². The highest BCUT2D eigenvalue weighted by Gasteiger charge is 2.40. The van der Waals surface area contributed by atoms with Crippen molar-refractivity contribution in [3.63, 3.8) is 0 Å². The Bertz CT molecular complexity index is 1270. The quantitative estimate of drug-likeness (QED) is 0.322.